The van der Waals surface area contributed by atoms with Crippen LogP contribution in [0.5, 0.6) is 11.5 Å². The molecule has 2 amide bonds. The number of hydrogen-bond acceptors (Lipinski definition) is 5. The van der Waals surface area contributed by atoms with Gasteiger partial charge in [0.2, 0.25) is 6.79 Å². The standard InChI is InChI=1S/C27H24N2O4/c1-4-18-6-9-20(10-7-18)29-26(30)24(21-11-5-16(2)13-17(21)3)25(27(29)31)28-19-8-12-22-23(14-19)33-15-32-22/h5-14,28H,4,15H2,1-3H3. The highest BCUT2D eigenvalue weighted by molar-refractivity contribution is 6.46. The molecule has 0 radical (unpaired) electrons. The lowest BCUT2D eigenvalue weighted by Gasteiger charge is -2.16. The minimum atomic E-state index is -0.392. The molecule has 5 rings (SSSR count). The van der Waals surface area contributed by atoms with Gasteiger partial charge in [-0.3, -0.25) is 9.59 Å². The molecule has 0 saturated carbocycles. The third-order valence-electron chi connectivity index (χ3n) is 5.98. The molecule has 1 N–H and O–H groups in total. The highest BCUT2D eigenvalue weighted by Gasteiger charge is 2.40. The summed E-state index contributed by atoms with van der Waals surface area (Å²) >= 11 is 0. The lowest BCUT2D eigenvalue weighted by molar-refractivity contribution is -0.120. The SMILES string of the molecule is CCc1ccc(N2C(=O)C(Nc3ccc4c(c3)OCO4)=C(c3ccc(C)cc3C)C2=O)cc1. The maximum atomic E-state index is 13.7. The zero-order chi connectivity index (χ0) is 23.1. The fraction of sp³-hybridized carbons (Fsp3) is 0.185. The van der Waals surface area contributed by atoms with Crippen molar-refractivity contribution in [2.75, 3.05) is 17.0 Å². The highest BCUT2D eigenvalue weighted by atomic mass is 16.7. The van der Waals surface area contributed by atoms with E-state index >= 15 is 0 Å². The van der Waals surface area contributed by atoms with Crippen LogP contribution in [-0.2, 0) is 16.0 Å². The Morgan fingerprint density at radius 1 is 0.879 bits per heavy atom. The number of ether oxygens (including phenoxy) is 2. The summed E-state index contributed by atoms with van der Waals surface area (Å²) < 4.78 is 10.8. The molecular weight excluding hydrogens is 416 g/mol. The minimum absolute atomic E-state index is 0.161. The largest absolute Gasteiger partial charge is 0.454 e. The molecule has 0 spiro atoms. The second-order valence-corrected chi connectivity index (χ2v) is 8.23. The van der Waals surface area contributed by atoms with Crippen molar-refractivity contribution >= 4 is 28.8 Å². The number of nitrogens with zero attached hydrogens (tertiary/aromatic N) is 1. The molecule has 0 aromatic heterocycles. The first kappa shape index (κ1) is 20.8. The lowest BCUT2D eigenvalue weighted by Crippen LogP contribution is -2.32. The number of nitrogens with one attached hydrogen (secondary N) is 1. The Bertz CT molecular complexity index is 1310. The van der Waals surface area contributed by atoms with Gasteiger partial charge in [-0.15, -0.1) is 0 Å². The quantitative estimate of drug-likeness (QED) is 0.566. The normalized spacial score (nSPS) is 14.9. The third kappa shape index (κ3) is 3.63. The molecule has 0 saturated heterocycles. The minimum Gasteiger partial charge on any atom is -0.454 e. The molecule has 0 fully saturated rings. The maximum absolute atomic E-state index is 13.7. The number of anilines is 2. The summed E-state index contributed by atoms with van der Waals surface area (Å²) in [7, 11) is 0. The molecule has 0 bridgehead atoms. The summed E-state index contributed by atoms with van der Waals surface area (Å²) in [4.78, 5) is 28.5. The van der Waals surface area contributed by atoms with E-state index in [2.05, 4.69) is 12.2 Å². The van der Waals surface area contributed by atoms with Crippen LogP contribution in [-0.4, -0.2) is 18.6 Å². The predicted octanol–water partition coefficient (Wildman–Crippen LogP) is 4.99. The van der Waals surface area contributed by atoms with Gasteiger partial charge in [0.1, 0.15) is 5.70 Å². The Hall–Kier alpha value is -4.06. The molecule has 0 atom stereocenters. The number of fused-ring (bicyclic) bond motifs is 1. The summed E-state index contributed by atoms with van der Waals surface area (Å²) in [6.07, 6.45) is 0.880. The summed E-state index contributed by atoms with van der Waals surface area (Å²) in [6, 6.07) is 18.7. The van der Waals surface area contributed by atoms with Gasteiger partial charge in [0.25, 0.3) is 11.8 Å². The number of carbonyl (C=O) groups is 2. The molecule has 33 heavy (non-hydrogen) atoms. The van der Waals surface area contributed by atoms with Gasteiger partial charge >= 0.3 is 0 Å². The number of carbonyl (C=O) groups excluding carboxylic acids is 2. The summed E-state index contributed by atoms with van der Waals surface area (Å²) in [6.45, 7) is 6.17. The molecule has 166 valence electrons. The zero-order valence-corrected chi connectivity index (χ0v) is 18.8. The van der Waals surface area contributed by atoms with Gasteiger partial charge < -0.3 is 14.8 Å². The average Bonchev–Trinajstić information content (AvgIpc) is 3.36. The second kappa shape index (κ2) is 8.13. The van der Waals surface area contributed by atoms with Crippen molar-refractivity contribution in [1.29, 1.82) is 0 Å². The molecule has 2 aliphatic heterocycles. The van der Waals surface area contributed by atoms with Gasteiger partial charge in [-0.05, 0) is 61.2 Å². The number of hydrogen-bond donors (Lipinski definition) is 1. The molecule has 2 heterocycles. The fourth-order valence-electron chi connectivity index (χ4n) is 4.22. The van der Waals surface area contributed by atoms with Gasteiger partial charge in [0, 0.05) is 11.8 Å². The van der Waals surface area contributed by atoms with Gasteiger partial charge in [-0.2, -0.15) is 0 Å². The second-order valence-electron chi connectivity index (χ2n) is 8.23. The van der Waals surface area contributed by atoms with Crippen LogP contribution in [0.25, 0.3) is 5.57 Å². The molecule has 3 aromatic carbocycles. The first-order chi connectivity index (χ1) is 16.0. The predicted molar refractivity (Wildman–Crippen MR) is 127 cm³/mol. The van der Waals surface area contributed by atoms with Crippen LogP contribution in [0, 0.1) is 13.8 Å². The van der Waals surface area contributed by atoms with Crippen molar-refractivity contribution in [2.45, 2.75) is 27.2 Å². The Labute approximate surface area is 192 Å². The van der Waals surface area contributed by atoms with Crippen LogP contribution in [0.1, 0.15) is 29.2 Å². The van der Waals surface area contributed by atoms with E-state index in [1.807, 2.05) is 56.3 Å². The van der Waals surface area contributed by atoms with Crippen LogP contribution < -0.4 is 19.7 Å². The summed E-state index contributed by atoms with van der Waals surface area (Å²) in [5, 5.41) is 3.20. The number of amides is 2. The van der Waals surface area contributed by atoms with Crippen LogP contribution in [0.2, 0.25) is 0 Å². The van der Waals surface area contributed by atoms with E-state index in [-0.39, 0.29) is 18.4 Å². The van der Waals surface area contributed by atoms with Gasteiger partial charge in [0.15, 0.2) is 11.5 Å². The van der Waals surface area contributed by atoms with E-state index in [0.29, 0.717) is 28.4 Å². The van der Waals surface area contributed by atoms with Gasteiger partial charge in [-0.25, -0.2) is 4.90 Å². The van der Waals surface area contributed by atoms with Gasteiger partial charge in [0.05, 0.1) is 11.3 Å². The number of rotatable bonds is 5. The van der Waals surface area contributed by atoms with Crippen LogP contribution in [0.4, 0.5) is 11.4 Å². The molecule has 3 aromatic rings. The van der Waals surface area contributed by atoms with E-state index < -0.39 is 5.91 Å². The van der Waals surface area contributed by atoms with Crippen molar-refractivity contribution in [3.05, 3.63) is 88.6 Å². The van der Waals surface area contributed by atoms with Crippen molar-refractivity contribution in [2.24, 2.45) is 0 Å². The average molecular weight is 440 g/mol. The molecule has 2 aliphatic rings. The van der Waals surface area contributed by atoms with Gasteiger partial charge in [-0.1, -0.05) is 42.8 Å². The maximum Gasteiger partial charge on any atom is 0.282 e. The molecular formula is C27H24N2O4. The van der Waals surface area contributed by atoms with E-state index in [0.717, 1.165) is 28.7 Å². The highest BCUT2D eigenvalue weighted by Crippen LogP contribution is 2.38. The van der Waals surface area contributed by atoms with Crippen molar-refractivity contribution in [1.82, 2.24) is 0 Å². The Balaban J connectivity index is 1.60. The molecule has 0 unspecified atom stereocenters. The Kier molecular flexibility index (Phi) is 5.13. The zero-order valence-electron chi connectivity index (χ0n) is 18.8. The summed E-state index contributed by atoms with van der Waals surface area (Å²) in [5.74, 6) is 0.504. The fourth-order valence-corrected chi connectivity index (χ4v) is 4.22. The lowest BCUT2D eigenvalue weighted by atomic mass is 9.97. The van der Waals surface area contributed by atoms with Crippen LogP contribution >= 0.6 is 0 Å². The topological polar surface area (TPSA) is 67.9 Å². The summed E-state index contributed by atoms with van der Waals surface area (Å²) in [5.41, 5.74) is 5.67. The van der Waals surface area contributed by atoms with Crippen LogP contribution in [0.3, 0.4) is 0 Å². The van der Waals surface area contributed by atoms with Crippen LogP contribution in [0.15, 0.2) is 66.4 Å². The van der Waals surface area contributed by atoms with E-state index in [9.17, 15) is 9.59 Å². The monoisotopic (exact) mass is 440 g/mol. The van der Waals surface area contributed by atoms with E-state index in [1.165, 1.54) is 4.90 Å². The van der Waals surface area contributed by atoms with Crippen molar-refractivity contribution in [3.63, 3.8) is 0 Å². The smallest absolute Gasteiger partial charge is 0.282 e. The Morgan fingerprint density at radius 3 is 2.36 bits per heavy atom. The molecule has 0 aliphatic carbocycles. The van der Waals surface area contributed by atoms with Crippen molar-refractivity contribution < 1.29 is 19.1 Å². The van der Waals surface area contributed by atoms with Crippen molar-refractivity contribution in [3.8, 4) is 11.5 Å². The molecule has 6 heteroatoms. The van der Waals surface area contributed by atoms with E-state index in [4.69, 9.17) is 9.47 Å². The number of aryl methyl sites for hydroxylation is 3. The number of imide groups is 1. The number of benzene rings is 3. The third-order valence-corrected chi connectivity index (χ3v) is 5.98. The Morgan fingerprint density at radius 2 is 1.64 bits per heavy atom. The first-order valence-electron chi connectivity index (χ1n) is 10.9. The van der Waals surface area contributed by atoms with E-state index in [1.54, 1.807) is 18.2 Å². The first-order valence-corrected chi connectivity index (χ1v) is 10.9. The molecule has 6 nitrogen and oxygen atoms in total.